The zero-order valence-electron chi connectivity index (χ0n) is 13.2. The average Bonchev–Trinajstić information content (AvgIpc) is 3.20. The molecule has 4 heteroatoms. The summed E-state index contributed by atoms with van der Waals surface area (Å²) in [6, 6.07) is 0. The van der Waals surface area contributed by atoms with Crippen LogP contribution in [0, 0.1) is 0 Å². The van der Waals surface area contributed by atoms with Crippen LogP contribution >= 0.6 is 0 Å². The summed E-state index contributed by atoms with van der Waals surface area (Å²) in [6.07, 6.45) is 14.5. The van der Waals surface area contributed by atoms with E-state index in [9.17, 15) is 4.79 Å². The van der Waals surface area contributed by atoms with Crippen molar-refractivity contribution in [3.63, 3.8) is 0 Å². The number of rotatable bonds is 10. The molecule has 0 fully saturated rings. The van der Waals surface area contributed by atoms with Crippen LogP contribution in [0.25, 0.3) is 0 Å². The van der Waals surface area contributed by atoms with E-state index < -0.39 is 12.4 Å². The Morgan fingerprint density at radius 3 is 2.05 bits per heavy atom. The molecule has 2 aliphatic rings. The highest BCUT2D eigenvalue weighted by molar-refractivity contribution is 5.81. The first-order chi connectivity index (χ1) is 10.8. The molecule has 0 radical (unpaired) electrons. The lowest BCUT2D eigenvalue weighted by molar-refractivity contribution is -0.272. The third kappa shape index (κ3) is 6.16. The van der Waals surface area contributed by atoms with Crippen molar-refractivity contribution in [2.24, 2.45) is 0 Å². The van der Waals surface area contributed by atoms with Crippen molar-refractivity contribution in [1.29, 1.82) is 0 Å². The molecule has 122 valence electrons. The quantitative estimate of drug-likeness (QED) is 0.264. The van der Waals surface area contributed by atoms with Gasteiger partial charge in [0.25, 0.3) is 0 Å². The second-order valence-corrected chi connectivity index (χ2v) is 5.68. The molecule has 0 aromatic heterocycles. The van der Waals surface area contributed by atoms with Crippen molar-refractivity contribution in [1.82, 2.24) is 0 Å². The number of carbonyl (C=O) groups excluding carboxylic acids is 1. The highest BCUT2D eigenvalue weighted by Gasteiger charge is 2.15. The van der Waals surface area contributed by atoms with Gasteiger partial charge in [-0.15, -0.1) is 0 Å². The van der Waals surface area contributed by atoms with Crippen LogP contribution in [0.1, 0.15) is 51.4 Å². The minimum atomic E-state index is -0.936. The first kappa shape index (κ1) is 17.0. The van der Waals surface area contributed by atoms with Crippen LogP contribution in [0.2, 0.25) is 0 Å². The molecule has 22 heavy (non-hydrogen) atoms. The van der Waals surface area contributed by atoms with Gasteiger partial charge in [0.2, 0.25) is 0 Å². The molecule has 0 heterocycles. The molecule has 0 spiro atoms. The summed E-state index contributed by atoms with van der Waals surface area (Å²) in [7, 11) is 0. The van der Waals surface area contributed by atoms with Crippen LogP contribution in [0.4, 0.5) is 0 Å². The zero-order chi connectivity index (χ0) is 15.6. The van der Waals surface area contributed by atoms with E-state index in [2.05, 4.69) is 18.7 Å². The molecular formula is C18H26O4. The Kier molecular flexibility index (Phi) is 7.40. The smallest absolute Gasteiger partial charge is 0.334 e. The van der Waals surface area contributed by atoms with Gasteiger partial charge in [-0.3, -0.25) is 0 Å². The van der Waals surface area contributed by atoms with E-state index in [4.69, 9.17) is 14.2 Å². The van der Waals surface area contributed by atoms with Gasteiger partial charge in [-0.25, -0.2) is 4.79 Å². The first-order valence-electron chi connectivity index (χ1n) is 8.20. The minimum Gasteiger partial charge on any atom is -0.407 e. The fourth-order valence-electron chi connectivity index (χ4n) is 2.76. The Bertz CT molecular complexity index is 406. The Balaban J connectivity index is 1.69. The summed E-state index contributed by atoms with van der Waals surface area (Å²) >= 11 is 0. The predicted octanol–water partition coefficient (Wildman–Crippen LogP) is 4.03. The van der Waals surface area contributed by atoms with Crippen LogP contribution in [0.3, 0.4) is 0 Å². The molecule has 0 saturated carbocycles. The summed E-state index contributed by atoms with van der Waals surface area (Å²) in [5, 5.41) is 0. The average molecular weight is 306 g/mol. The maximum absolute atomic E-state index is 11.3. The molecule has 0 aromatic carbocycles. The molecule has 2 rings (SSSR count). The maximum atomic E-state index is 11.3. The third-order valence-corrected chi connectivity index (χ3v) is 4.00. The highest BCUT2D eigenvalue weighted by Crippen LogP contribution is 2.22. The van der Waals surface area contributed by atoms with E-state index in [1.165, 1.54) is 24.0 Å². The number of allylic oxidation sites excluding steroid dienone is 2. The summed E-state index contributed by atoms with van der Waals surface area (Å²) in [5.41, 5.74) is 2.84. The van der Waals surface area contributed by atoms with Gasteiger partial charge in [0.1, 0.15) is 0 Å². The molecule has 0 unspecified atom stereocenters. The Morgan fingerprint density at radius 2 is 1.64 bits per heavy atom. The lowest BCUT2D eigenvalue weighted by Gasteiger charge is -2.18. The van der Waals surface area contributed by atoms with Crippen LogP contribution in [0.5, 0.6) is 0 Å². The lowest BCUT2D eigenvalue weighted by Crippen LogP contribution is -2.25. The number of hydrogen-bond acceptors (Lipinski definition) is 4. The molecule has 0 bridgehead atoms. The standard InChI is InChI=1S/C18H26O4/c1-2-17(19)22-18(20-13-11-15-7-3-4-8-15)21-14-12-16-9-5-6-10-16/h2,7,9,18H,1,3-6,8,10-14H2. The van der Waals surface area contributed by atoms with Crippen molar-refractivity contribution in [3.8, 4) is 0 Å². The van der Waals surface area contributed by atoms with Gasteiger partial charge in [0, 0.05) is 6.08 Å². The summed E-state index contributed by atoms with van der Waals surface area (Å²) in [5.74, 6) is -0.523. The molecule has 0 aliphatic heterocycles. The molecule has 0 aromatic rings. The molecular weight excluding hydrogens is 280 g/mol. The van der Waals surface area contributed by atoms with Crippen molar-refractivity contribution in [2.45, 2.75) is 57.8 Å². The number of ether oxygens (including phenoxy) is 3. The Morgan fingerprint density at radius 1 is 1.09 bits per heavy atom. The van der Waals surface area contributed by atoms with Crippen LogP contribution in [-0.2, 0) is 19.0 Å². The van der Waals surface area contributed by atoms with E-state index >= 15 is 0 Å². The highest BCUT2D eigenvalue weighted by atomic mass is 16.9. The lowest BCUT2D eigenvalue weighted by atomic mass is 10.2. The topological polar surface area (TPSA) is 44.8 Å². The van der Waals surface area contributed by atoms with Crippen LogP contribution in [0.15, 0.2) is 36.0 Å². The zero-order valence-corrected chi connectivity index (χ0v) is 13.2. The van der Waals surface area contributed by atoms with Gasteiger partial charge in [0.15, 0.2) is 0 Å². The molecule has 0 atom stereocenters. The van der Waals surface area contributed by atoms with Crippen LogP contribution < -0.4 is 0 Å². The summed E-state index contributed by atoms with van der Waals surface area (Å²) in [6.45, 7) is 3.47. The minimum absolute atomic E-state index is 0.504. The Hall–Kier alpha value is -1.39. The predicted molar refractivity (Wildman–Crippen MR) is 85.1 cm³/mol. The van der Waals surface area contributed by atoms with Crippen molar-refractivity contribution < 1.29 is 19.0 Å². The molecule has 2 aliphatic carbocycles. The number of hydrogen-bond donors (Lipinski definition) is 0. The van der Waals surface area contributed by atoms with E-state index in [0.29, 0.717) is 13.2 Å². The van der Waals surface area contributed by atoms with Gasteiger partial charge in [-0.05, 0) is 51.4 Å². The number of carbonyl (C=O) groups is 1. The fraction of sp³-hybridized carbons (Fsp3) is 0.611. The van der Waals surface area contributed by atoms with E-state index in [1.54, 1.807) is 0 Å². The second kappa shape index (κ2) is 9.59. The molecule has 0 N–H and O–H groups in total. The van der Waals surface area contributed by atoms with E-state index in [-0.39, 0.29) is 0 Å². The van der Waals surface area contributed by atoms with Crippen molar-refractivity contribution in [3.05, 3.63) is 36.0 Å². The number of esters is 1. The summed E-state index contributed by atoms with van der Waals surface area (Å²) in [4.78, 5) is 11.3. The van der Waals surface area contributed by atoms with Gasteiger partial charge >= 0.3 is 12.4 Å². The SMILES string of the molecule is C=CC(=O)OC(OCCC1=CCCC1)OCCC1=CCCC1. The Labute approximate surface area is 132 Å². The summed E-state index contributed by atoms with van der Waals surface area (Å²) < 4.78 is 16.2. The second-order valence-electron chi connectivity index (χ2n) is 5.68. The normalized spacial score (nSPS) is 17.5. The maximum Gasteiger partial charge on any atom is 0.334 e. The van der Waals surface area contributed by atoms with Gasteiger partial charge in [0.05, 0.1) is 13.2 Å². The molecule has 0 amide bonds. The van der Waals surface area contributed by atoms with Crippen LogP contribution in [-0.4, -0.2) is 25.7 Å². The third-order valence-electron chi connectivity index (χ3n) is 4.00. The van der Waals surface area contributed by atoms with Crippen molar-refractivity contribution >= 4 is 5.97 Å². The van der Waals surface area contributed by atoms with E-state index in [0.717, 1.165) is 44.6 Å². The van der Waals surface area contributed by atoms with Gasteiger partial charge in [-0.2, -0.15) is 0 Å². The fourth-order valence-corrected chi connectivity index (χ4v) is 2.76. The first-order valence-corrected chi connectivity index (χ1v) is 8.20. The van der Waals surface area contributed by atoms with E-state index in [1.807, 2.05) is 0 Å². The largest absolute Gasteiger partial charge is 0.407 e. The van der Waals surface area contributed by atoms with Gasteiger partial charge < -0.3 is 14.2 Å². The molecule has 4 nitrogen and oxygen atoms in total. The molecule has 0 saturated heterocycles. The monoisotopic (exact) mass is 306 g/mol. The van der Waals surface area contributed by atoms with Crippen molar-refractivity contribution in [2.75, 3.05) is 13.2 Å². The van der Waals surface area contributed by atoms with Gasteiger partial charge in [-0.1, -0.05) is 29.9 Å².